The molecule has 2 fully saturated rings. The fraction of sp³-hybridized carbons (Fsp3) is 1.00. The monoisotopic (exact) mass is 280 g/mol. The predicted molar refractivity (Wildman–Crippen MR) is 86.9 cm³/mol. The third-order valence-electron chi connectivity index (χ3n) is 7.13. The second-order valence-electron chi connectivity index (χ2n) is 8.16. The van der Waals surface area contributed by atoms with Gasteiger partial charge < -0.3 is 4.74 Å². The van der Waals surface area contributed by atoms with E-state index in [1.165, 1.54) is 51.4 Å². The summed E-state index contributed by atoms with van der Waals surface area (Å²) in [6, 6.07) is 0. The maximum absolute atomic E-state index is 6.46. The molecule has 0 N–H and O–H groups in total. The molecule has 1 aliphatic heterocycles. The average molecular weight is 280 g/mol. The van der Waals surface area contributed by atoms with Gasteiger partial charge >= 0.3 is 0 Å². The normalized spacial score (nSPS) is 32.9. The maximum Gasteiger partial charge on any atom is 0.101 e. The Balaban J connectivity index is 2.38. The van der Waals surface area contributed by atoms with Gasteiger partial charge in [0.1, 0.15) is 5.60 Å². The van der Waals surface area contributed by atoms with Gasteiger partial charge in [0, 0.05) is 5.41 Å². The van der Waals surface area contributed by atoms with Gasteiger partial charge in [-0.15, -0.1) is 0 Å². The first kappa shape index (κ1) is 16.3. The molecule has 1 heteroatoms. The fourth-order valence-electron chi connectivity index (χ4n) is 5.15. The molecule has 0 aromatic heterocycles. The van der Waals surface area contributed by atoms with Crippen LogP contribution in [0.2, 0.25) is 0 Å². The Morgan fingerprint density at radius 3 is 2.40 bits per heavy atom. The molecule has 1 aliphatic carbocycles. The van der Waals surface area contributed by atoms with Crippen molar-refractivity contribution < 1.29 is 4.74 Å². The van der Waals surface area contributed by atoms with Gasteiger partial charge in [0.15, 0.2) is 0 Å². The number of rotatable bonds is 7. The molecule has 3 atom stereocenters. The Bertz CT molecular complexity index is 333. The molecule has 2 rings (SSSR count). The van der Waals surface area contributed by atoms with Crippen LogP contribution in [-0.2, 0) is 4.74 Å². The van der Waals surface area contributed by atoms with Crippen molar-refractivity contribution in [1.82, 2.24) is 0 Å². The van der Waals surface area contributed by atoms with Crippen LogP contribution in [0.1, 0.15) is 92.9 Å². The Morgan fingerprint density at radius 1 is 1.20 bits per heavy atom. The van der Waals surface area contributed by atoms with Crippen molar-refractivity contribution in [2.75, 3.05) is 0 Å². The van der Waals surface area contributed by atoms with Gasteiger partial charge in [-0.3, -0.25) is 0 Å². The Hall–Kier alpha value is -0.0400. The lowest BCUT2D eigenvalue weighted by Crippen LogP contribution is -2.53. The summed E-state index contributed by atoms with van der Waals surface area (Å²) in [5.41, 5.74) is 0.946. The zero-order chi connectivity index (χ0) is 15.0. The molecule has 0 radical (unpaired) electrons. The van der Waals surface area contributed by atoms with Crippen LogP contribution in [0.5, 0.6) is 0 Å². The van der Waals surface area contributed by atoms with Crippen molar-refractivity contribution in [2.45, 2.75) is 105 Å². The summed E-state index contributed by atoms with van der Waals surface area (Å²) in [5, 5.41) is 0. The van der Waals surface area contributed by atoms with E-state index in [0.717, 1.165) is 0 Å². The standard InChI is InChI=1S/C19H36O/c1-7-9-13-18(8-2,17(5,6)15(3)4)19-14-11-10-12-16(19)20-19/h15-16H,7-14H2,1-6H3. The lowest BCUT2D eigenvalue weighted by molar-refractivity contribution is -0.0681. The van der Waals surface area contributed by atoms with Crippen LogP contribution in [0.25, 0.3) is 0 Å². The zero-order valence-corrected chi connectivity index (χ0v) is 14.7. The molecule has 0 aromatic rings. The topological polar surface area (TPSA) is 12.5 Å². The number of hydrogen-bond donors (Lipinski definition) is 0. The smallest absolute Gasteiger partial charge is 0.101 e. The SMILES string of the molecule is CCCCC(CC)(C(C)(C)C(C)C)C12CCCCC1O2. The minimum Gasteiger partial charge on any atom is -0.365 e. The maximum atomic E-state index is 6.46. The van der Waals surface area contributed by atoms with Crippen molar-refractivity contribution >= 4 is 0 Å². The van der Waals surface area contributed by atoms with Crippen LogP contribution in [0.3, 0.4) is 0 Å². The molecule has 1 nitrogen and oxygen atoms in total. The second kappa shape index (κ2) is 5.63. The molecule has 20 heavy (non-hydrogen) atoms. The second-order valence-corrected chi connectivity index (χ2v) is 8.16. The van der Waals surface area contributed by atoms with Gasteiger partial charge in [-0.25, -0.2) is 0 Å². The van der Waals surface area contributed by atoms with E-state index in [1.54, 1.807) is 0 Å². The summed E-state index contributed by atoms with van der Waals surface area (Å²) in [7, 11) is 0. The Kier molecular flexibility index (Phi) is 4.60. The highest BCUT2D eigenvalue weighted by Crippen LogP contribution is 2.68. The summed E-state index contributed by atoms with van der Waals surface area (Å²) in [6.45, 7) is 14.6. The van der Waals surface area contributed by atoms with Crippen molar-refractivity contribution in [2.24, 2.45) is 16.7 Å². The fourth-order valence-corrected chi connectivity index (χ4v) is 5.15. The molecule has 3 unspecified atom stereocenters. The molecular formula is C19H36O. The van der Waals surface area contributed by atoms with E-state index in [9.17, 15) is 0 Å². The van der Waals surface area contributed by atoms with Crippen molar-refractivity contribution in [3.8, 4) is 0 Å². The summed E-state index contributed by atoms with van der Waals surface area (Å²) in [4.78, 5) is 0. The van der Waals surface area contributed by atoms with E-state index >= 15 is 0 Å². The molecule has 2 aliphatic rings. The number of fused-ring (bicyclic) bond motifs is 1. The molecule has 0 bridgehead atoms. The van der Waals surface area contributed by atoms with Gasteiger partial charge in [0.2, 0.25) is 0 Å². The minimum atomic E-state index is 0.225. The highest BCUT2D eigenvalue weighted by molar-refractivity contribution is 5.19. The molecule has 1 heterocycles. The van der Waals surface area contributed by atoms with E-state index in [1.807, 2.05) is 0 Å². The summed E-state index contributed by atoms with van der Waals surface area (Å²) in [6.07, 6.45) is 11.2. The lowest BCUT2D eigenvalue weighted by atomic mass is 9.49. The van der Waals surface area contributed by atoms with Crippen LogP contribution in [0, 0.1) is 16.7 Å². The highest BCUT2D eigenvalue weighted by Gasteiger charge is 2.71. The first-order chi connectivity index (χ1) is 9.38. The first-order valence-corrected chi connectivity index (χ1v) is 9.05. The van der Waals surface area contributed by atoms with Gasteiger partial charge in [-0.1, -0.05) is 67.2 Å². The lowest BCUT2D eigenvalue weighted by Gasteiger charge is -2.54. The van der Waals surface area contributed by atoms with E-state index < -0.39 is 0 Å². The minimum absolute atomic E-state index is 0.225. The van der Waals surface area contributed by atoms with Crippen LogP contribution >= 0.6 is 0 Å². The summed E-state index contributed by atoms with van der Waals surface area (Å²) >= 11 is 0. The number of hydrogen-bond acceptors (Lipinski definition) is 1. The van der Waals surface area contributed by atoms with Gasteiger partial charge in [0.25, 0.3) is 0 Å². The van der Waals surface area contributed by atoms with Crippen LogP contribution in [0.15, 0.2) is 0 Å². The molecule has 0 spiro atoms. The third kappa shape index (κ3) is 2.16. The summed E-state index contributed by atoms with van der Waals surface area (Å²) in [5.74, 6) is 0.709. The van der Waals surface area contributed by atoms with Gasteiger partial charge in [-0.2, -0.15) is 0 Å². The number of unbranched alkanes of at least 4 members (excludes halogenated alkanes) is 1. The number of ether oxygens (including phenoxy) is 1. The van der Waals surface area contributed by atoms with E-state index in [0.29, 0.717) is 22.9 Å². The van der Waals surface area contributed by atoms with Gasteiger partial charge in [0.05, 0.1) is 6.10 Å². The van der Waals surface area contributed by atoms with E-state index in [-0.39, 0.29) is 5.60 Å². The molecule has 0 aromatic carbocycles. The average Bonchev–Trinajstić information content (AvgIpc) is 3.15. The van der Waals surface area contributed by atoms with Gasteiger partial charge in [-0.05, 0) is 37.0 Å². The van der Waals surface area contributed by atoms with E-state index in [2.05, 4.69) is 41.5 Å². The molecule has 0 amide bonds. The Labute approximate surface area is 126 Å². The van der Waals surface area contributed by atoms with Crippen LogP contribution in [-0.4, -0.2) is 11.7 Å². The van der Waals surface area contributed by atoms with Crippen molar-refractivity contribution in [3.05, 3.63) is 0 Å². The van der Waals surface area contributed by atoms with Crippen molar-refractivity contribution in [1.29, 1.82) is 0 Å². The largest absolute Gasteiger partial charge is 0.365 e. The predicted octanol–water partition coefficient (Wildman–Crippen LogP) is 5.97. The third-order valence-corrected chi connectivity index (χ3v) is 7.13. The Morgan fingerprint density at radius 2 is 1.90 bits per heavy atom. The zero-order valence-electron chi connectivity index (χ0n) is 14.7. The quantitative estimate of drug-likeness (QED) is 0.524. The highest BCUT2D eigenvalue weighted by atomic mass is 16.6. The molecule has 1 saturated carbocycles. The van der Waals surface area contributed by atoms with E-state index in [4.69, 9.17) is 4.74 Å². The summed E-state index contributed by atoms with van der Waals surface area (Å²) < 4.78 is 6.46. The molecule has 118 valence electrons. The number of epoxide rings is 1. The van der Waals surface area contributed by atoms with Crippen LogP contribution < -0.4 is 0 Å². The molecule has 1 saturated heterocycles. The van der Waals surface area contributed by atoms with Crippen LogP contribution in [0.4, 0.5) is 0 Å². The molecular weight excluding hydrogens is 244 g/mol. The van der Waals surface area contributed by atoms with Crippen molar-refractivity contribution in [3.63, 3.8) is 0 Å². The first-order valence-electron chi connectivity index (χ1n) is 9.05.